The molecule has 2 heterocycles. The van der Waals surface area contributed by atoms with Crippen LogP contribution in [0.1, 0.15) is 52.0 Å². The number of carbonyl (C=O) groups is 1. The molecule has 1 aromatic heterocycles. The van der Waals surface area contributed by atoms with Gasteiger partial charge in [-0.1, -0.05) is 13.0 Å². The minimum absolute atomic E-state index is 0.0355. The number of rotatable bonds is 5. The molecule has 3 atom stereocenters. The van der Waals surface area contributed by atoms with Gasteiger partial charge in [0.05, 0.1) is 17.4 Å². The summed E-state index contributed by atoms with van der Waals surface area (Å²) >= 11 is 0. The van der Waals surface area contributed by atoms with Crippen molar-refractivity contribution in [2.45, 2.75) is 59.7 Å². The van der Waals surface area contributed by atoms with E-state index in [4.69, 9.17) is 4.74 Å². The van der Waals surface area contributed by atoms with Gasteiger partial charge in [0.2, 0.25) is 0 Å². The molecule has 0 bridgehead atoms. The number of imidazole rings is 1. The number of aromatic nitrogens is 2. The van der Waals surface area contributed by atoms with E-state index in [2.05, 4.69) is 41.7 Å². The third kappa shape index (κ3) is 3.09. The van der Waals surface area contributed by atoms with E-state index in [1.807, 2.05) is 19.9 Å². The summed E-state index contributed by atoms with van der Waals surface area (Å²) in [7, 11) is 0. The van der Waals surface area contributed by atoms with E-state index < -0.39 is 0 Å². The van der Waals surface area contributed by atoms with Gasteiger partial charge in [0, 0.05) is 18.5 Å². The van der Waals surface area contributed by atoms with Gasteiger partial charge in [-0.25, -0.2) is 0 Å². The summed E-state index contributed by atoms with van der Waals surface area (Å²) in [5, 5.41) is 3.25. The van der Waals surface area contributed by atoms with Crippen LogP contribution in [-0.4, -0.2) is 34.0 Å². The Labute approximate surface area is 132 Å². The van der Waals surface area contributed by atoms with Crippen LogP contribution in [0, 0.1) is 12.8 Å². The van der Waals surface area contributed by atoms with Crippen LogP contribution < -0.4 is 10.1 Å². The Morgan fingerprint density at radius 2 is 2.18 bits per heavy atom. The number of hydrogen-bond acceptors (Lipinski definition) is 4. The minimum Gasteiger partial charge on any atom is -0.460 e. The van der Waals surface area contributed by atoms with Crippen molar-refractivity contribution in [3.8, 4) is 6.01 Å². The molecule has 5 nitrogen and oxygen atoms in total. The molecule has 0 amide bonds. The maximum Gasteiger partial charge on any atom is 0.297 e. The molecule has 0 saturated carbocycles. The molecule has 1 aliphatic rings. The van der Waals surface area contributed by atoms with Gasteiger partial charge in [-0.15, -0.1) is 0 Å². The molecular formula is C17H27N3O2. The average Bonchev–Trinajstić information content (AvgIpc) is 2.93. The number of ether oxygens (including phenoxy) is 1. The molecule has 1 N–H and O–H groups in total. The summed E-state index contributed by atoms with van der Waals surface area (Å²) in [6.07, 6.45) is 4.04. The molecule has 1 aromatic rings. The van der Waals surface area contributed by atoms with Crippen LogP contribution in [0.3, 0.4) is 0 Å². The monoisotopic (exact) mass is 305 g/mol. The maximum atomic E-state index is 11.6. The fourth-order valence-electron chi connectivity index (χ4n) is 3.10. The van der Waals surface area contributed by atoms with E-state index in [0.29, 0.717) is 12.6 Å². The third-order valence-corrected chi connectivity index (χ3v) is 4.29. The molecule has 122 valence electrons. The number of nitrogens with zero attached hydrogens (tertiary/aromatic N) is 2. The van der Waals surface area contributed by atoms with E-state index in [9.17, 15) is 4.79 Å². The average molecular weight is 305 g/mol. The topological polar surface area (TPSA) is 56.1 Å². The smallest absolute Gasteiger partial charge is 0.297 e. The van der Waals surface area contributed by atoms with Crippen LogP contribution in [0.15, 0.2) is 6.08 Å². The second-order valence-corrected chi connectivity index (χ2v) is 6.34. The molecule has 0 aliphatic carbocycles. The molecule has 0 aromatic carbocycles. The second-order valence-electron chi connectivity index (χ2n) is 6.34. The second kappa shape index (κ2) is 6.65. The van der Waals surface area contributed by atoms with Gasteiger partial charge in [0.1, 0.15) is 11.9 Å². The molecule has 3 unspecified atom stereocenters. The zero-order chi connectivity index (χ0) is 16.4. The Hall–Kier alpha value is -1.62. The third-order valence-electron chi connectivity index (χ3n) is 4.29. The van der Waals surface area contributed by atoms with E-state index in [1.54, 1.807) is 6.92 Å². The molecule has 1 saturated heterocycles. The number of nitrogens with one attached hydrogen (secondary N) is 1. The highest BCUT2D eigenvalue weighted by molar-refractivity contribution is 5.82. The standard InChI is InChI=1S/C17H27N3O2/c1-7-8-14-12(5)19-17(20(14)10(2)3)22-15-9-18-16(11(15)4)13(6)21/h7-8,10-11,15-16,18H,9H2,1-6H3. The van der Waals surface area contributed by atoms with E-state index in [-0.39, 0.29) is 29.9 Å². The van der Waals surface area contributed by atoms with Crippen molar-refractivity contribution in [3.63, 3.8) is 0 Å². The van der Waals surface area contributed by atoms with Crippen LogP contribution in [0.2, 0.25) is 0 Å². The Morgan fingerprint density at radius 1 is 1.50 bits per heavy atom. The lowest BCUT2D eigenvalue weighted by Gasteiger charge is -2.21. The lowest BCUT2D eigenvalue weighted by Crippen LogP contribution is -2.34. The molecule has 1 fully saturated rings. The van der Waals surface area contributed by atoms with Gasteiger partial charge < -0.3 is 10.1 Å². The minimum atomic E-state index is -0.122. The van der Waals surface area contributed by atoms with E-state index in [0.717, 1.165) is 11.4 Å². The van der Waals surface area contributed by atoms with Crippen molar-refractivity contribution in [1.29, 1.82) is 0 Å². The van der Waals surface area contributed by atoms with Crippen LogP contribution in [0.5, 0.6) is 6.01 Å². The molecule has 1 aliphatic heterocycles. The predicted octanol–water partition coefficient (Wildman–Crippen LogP) is 2.75. The first-order chi connectivity index (χ1) is 10.4. The molecule has 0 spiro atoms. The molecule has 5 heteroatoms. The van der Waals surface area contributed by atoms with E-state index >= 15 is 0 Å². The normalized spacial score (nSPS) is 25.3. The summed E-state index contributed by atoms with van der Waals surface area (Å²) < 4.78 is 8.29. The van der Waals surface area contributed by atoms with Gasteiger partial charge in [-0.3, -0.25) is 9.36 Å². The first-order valence-corrected chi connectivity index (χ1v) is 7.98. The summed E-state index contributed by atoms with van der Waals surface area (Å²) in [6.45, 7) is 12.6. The highest BCUT2D eigenvalue weighted by atomic mass is 16.5. The highest BCUT2D eigenvalue weighted by Gasteiger charge is 2.37. The zero-order valence-electron chi connectivity index (χ0n) is 14.4. The summed E-state index contributed by atoms with van der Waals surface area (Å²) in [5.74, 6) is 0.303. The Morgan fingerprint density at radius 3 is 2.68 bits per heavy atom. The fourth-order valence-corrected chi connectivity index (χ4v) is 3.10. The molecule has 22 heavy (non-hydrogen) atoms. The summed E-state index contributed by atoms with van der Waals surface area (Å²) in [6, 6.07) is 0.780. The maximum absolute atomic E-state index is 11.6. The van der Waals surface area contributed by atoms with Crippen LogP contribution in [0.25, 0.3) is 6.08 Å². The molecule has 2 rings (SSSR count). The Balaban J connectivity index is 2.27. The van der Waals surface area contributed by atoms with Gasteiger partial charge in [0.25, 0.3) is 6.01 Å². The van der Waals surface area contributed by atoms with Crippen LogP contribution in [-0.2, 0) is 4.79 Å². The van der Waals surface area contributed by atoms with Gasteiger partial charge in [-0.05, 0) is 40.7 Å². The van der Waals surface area contributed by atoms with Crippen molar-refractivity contribution in [2.24, 2.45) is 5.92 Å². The number of Topliss-reactive ketones (excluding diaryl/α,β-unsaturated/α-hetero) is 1. The SMILES string of the molecule is CC=Cc1c(C)nc(OC2CNC(C(C)=O)C2C)n1C(C)C. The Kier molecular flexibility index (Phi) is 5.06. The number of hydrogen-bond donors (Lipinski definition) is 1. The van der Waals surface area contributed by atoms with Crippen molar-refractivity contribution in [1.82, 2.24) is 14.9 Å². The number of carbonyl (C=O) groups excluding carboxylic acids is 1. The predicted molar refractivity (Wildman–Crippen MR) is 88.1 cm³/mol. The summed E-state index contributed by atoms with van der Waals surface area (Å²) in [5.41, 5.74) is 2.04. The van der Waals surface area contributed by atoms with Crippen molar-refractivity contribution >= 4 is 11.9 Å². The van der Waals surface area contributed by atoms with Crippen LogP contribution in [0.4, 0.5) is 0 Å². The number of aryl methyl sites for hydroxylation is 1. The van der Waals surface area contributed by atoms with Crippen molar-refractivity contribution in [3.05, 3.63) is 17.5 Å². The Bertz CT molecular complexity index is 575. The highest BCUT2D eigenvalue weighted by Crippen LogP contribution is 2.28. The number of ketones is 1. The largest absolute Gasteiger partial charge is 0.460 e. The zero-order valence-corrected chi connectivity index (χ0v) is 14.4. The lowest BCUT2D eigenvalue weighted by molar-refractivity contribution is -0.119. The number of allylic oxidation sites excluding steroid dienone is 1. The molecular weight excluding hydrogens is 278 g/mol. The quantitative estimate of drug-likeness (QED) is 0.909. The van der Waals surface area contributed by atoms with E-state index in [1.165, 1.54) is 0 Å². The van der Waals surface area contributed by atoms with Crippen molar-refractivity contribution in [2.75, 3.05) is 6.54 Å². The molecule has 0 radical (unpaired) electrons. The van der Waals surface area contributed by atoms with Gasteiger partial charge in [-0.2, -0.15) is 4.98 Å². The first-order valence-electron chi connectivity index (χ1n) is 7.98. The van der Waals surface area contributed by atoms with Gasteiger partial charge in [0.15, 0.2) is 0 Å². The first kappa shape index (κ1) is 16.7. The van der Waals surface area contributed by atoms with Crippen molar-refractivity contribution < 1.29 is 9.53 Å². The van der Waals surface area contributed by atoms with Gasteiger partial charge >= 0.3 is 0 Å². The summed E-state index contributed by atoms with van der Waals surface area (Å²) in [4.78, 5) is 16.2. The fraction of sp³-hybridized carbons (Fsp3) is 0.647. The lowest BCUT2D eigenvalue weighted by atomic mass is 9.98. The van der Waals surface area contributed by atoms with Crippen LogP contribution >= 0.6 is 0 Å².